The molecule has 1 aromatic heterocycles. The van der Waals surface area contributed by atoms with E-state index < -0.39 is 10.0 Å². The van der Waals surface area contributed by atoms with Gasteiger partial charge in [0, 0.05) is 30.8 Å². The Kier molecular flexibility index (Phi) is 4.50. The van der Waals surface area contributed by atoms with E-state index in [1.54, 1.807) is 12.3 Å². The van der Waals surface area contributed by atoms with Gasteiger partial charge in [-0.1, -0.05) is 0 Å². The summed E-state index contributed by atoms with van der Waals surface area (Å²) in [5, 5.41) is 0. The van der Waals surface area contributed by atoms with Gasteiger partial charge in [0.25, 0.3) is 0 Å². The first-order valence-electron chi connectivity index (χ1n) is 5.91. The number of sulfonamides is 1. The Bertz CT molecular complexity index is 763. The number of nitrogen functional groups attached to an aromatic ring is 1. The van der Waals surface area contributed by atoms with Gasteiger partial charge in [0.2, 0.25) is 10.0 Å². The van der Waals surface area contributed by atoms with Crippen molar-refractivity contribution in [2.45, 2.75) is 4.90 Å². The average Bonchev–Trinajstić information content (AvgIpc) is 2.41. The van der Waals surface area contributed by atoms with Gasteiger partial charge in [0.15, 0.2) is 5.75 Å². The zero-order chi connectivity index (χ0) is 15.6. The van der Waals surface area contributed by atoms with E-state index in [1.165, 1.54) is 38.5 Å². The number of nitrogens with two attached hydrogens (primary N) is 1. The second-order valence-corrected chi connectivity index (χ2v) is 7.50. The van der Waals surface area contributed by atoms with E-state index in [0.717, 1.165) is 8.78 Å². The standard InChI is InChI=1S/C13H14BrN3O3S/c1-17(2)21(18,19)11-3-4-12(15)13(6-11)20-10-5-9(14)7-16-8-10/h3-8H,15H2,1-2H3. The van der Waals surface area contributed by atoms with Crippen LogP contribution < -0.4 is 10.5 Å². The molecule has 0 saturated carbocycles. The predicted octanol–water partition coefficient (Wildman–Crippen LogP) is 2.47. The first kappa shape index (κ1) is 15.7. The lowest BCUT2D eigenvalue weighted by atomic mass is 10.3. The third-order valence-corrected chi connectivity index (χ3v) is 4.92. The highest BCUT2D eigenvalue weighted by Crippen LogP contribution is 2.31. The van der Waals surface area contributed by atoms with E-state index in [9.17, 15) is 8.42 Å². The Morgan fingerprint density at radius 3 is 2.57 bits per heavy atom. The molecule has 0 spiro atoms. The highest BCUT2D eigenvalue weighted by Gasteiger charge is 2.19. The molecule has 8 heteroatoms. The Balaban J connectivity index is 2.41. The molecule has 0 amide bonds. The molecule has 0 fully saturated rings. The third-order valence-electron chi connectivity index (χ3n) is 2.67. The van der Waals surface area contributed by atoms with Crippen LogP contribution in [0.15, 0.2) is 46.0 Å². The van der Waals surface area contributed by atoms with E-state index in [0.29, 0.717) is 11.4 Å². The summed E-state index contributed by atoms with van der Waals surface area (Å²) in [5.74, 6) is 0.716. The van der Waals surface area contributed by atoms with Crippen LogP contribution in [0, 0.1) is 0 Å². The van der Waals surface area contributed by atoms with Crippen molar-refractivity contribution in [3.05, 3.63) is 41.1 Å². The van der Waals surface area contributed by atoms with Crippen molar-refractivity contribution in [2.75, 3.05) is 19.8 Å². The molecule has 0 aliphatic carbocycles. The van der Waals surface area contributed by atoms with Crippen molar-refractivity contribution in [1.29, 1.82) is 0 Å². The first-order chi connectivity index (χ1) is 9.80. The second kappa shape index (κ2) is 6.00. The number of nitrogens with zero attached hydrogens (tertiary/aromatic N) is 2. The molecule has 2 N–H and O–H groups in total. The zero-order valence-corrected chi connectivity index (χ0v) is 13.8. The fraction of sp³-hybridized carbons (Fsp3) is 0.154. The molecule has 0 radical (unpaired) electrons. The summed E-state index contributed by atoms with van der Waals surface area (Å²) in [6.45, 7) is 0. The van der Waals surface area contributed by atoms with Crippen LogP contribution in [-0.2, 0) is 10.0 Å². The van der Waals surface area contributed by atoms with Gasteiger partial charge in [-0.15, -0.1) is 0 Å². The lowest BCUT2D eigenvalue weighted by Gasteiger charge is -2.14. The highest BCUT2D eigenvalue weighted by atomic mass is 79.9. The van der Waals surface area contributed by atoms with E-state index in [-0.39, 0.29) is 10.6 Å². The van der Waals surface area contributed by atoms with Crippen LogP contribution in [-0.4, -0.2) is 31.8 Å². The molecule has 2 rings (SSSR count). The normalized spacial score (nSPS) is 11.6. The van der Waals surface area contributed by atoms with Gasteiger partial charge in [-0.05, 0) is 34.1 Å². The fourth-order valence-electron chi connectivity index (χ4n) is 1.55. The lowest BCUT2D eigenvalue weighted by molar-refractivity contribution is 0.479. The van der Waals surface area contributed by atoms with Gasteiger partial charge in [0.05, 0.1) is 16.8 Å². The number of hydrogen-bond acceptors (Lipinski definition) is 5. The summed E-state index contributed by atoms with van der Waals surface area (Å²) in [4.78, 5) is 4.08. The largest absolute Gasteiger partial charge is 0.453 e. The van der Waals surface area contributed by atoms with Crippen molar-refractivity contribution in [3.8, 4) is 11.5 Å². The summed E-state index contributed by atoms with van der Waals surface area (Å²) in [5.41, 5.74) is 6.17. The maximum absolute atomic E-state index is 12.1. The summed E-state index contributed by atoms with van der Waals surface area (Å²) >= 11 is 3.28. The number of aromatic nitrogens is 1. The van der Waals surface area contributed by atoms with Crippen molar-refractivity contribution in [1.82, 2.24) is 9.29 Å². The van der Waals surface area contributed by atoms with Crippen LogP contribution in [0.25, 0.3) is 0 Å². The number of anilines is 1. The van der Waals surface area contributed by atoms with Crippen LogP contribution in [0.2, 0.25) is 0 Å². The SMILES string of the molecule is CN(C)S(=O)(=O)c1ccc(N)c(Oc2cncc(Br)c2)c1. The molecule has 112 valence electrons. The third kappa shape index (κ3) is 3.52. The van der Waals surface area contributed by atoms with Gasteiger partial charge in [-0.25, -0.2) is 12.7 Å². The number of ether oxygens (including phenoxy) is 1. The topological polar surface area (TPSA) is 85.5 Å². The summed E-state index contributed by atoms with van der Waals surface area (Å²) in [7, 11) is -0.618. The molecule has 0 atom stereocenters. The molecule has 1 heterocycles. The summed E-state index contributed by atoms with van der Waals surface area (Å²) in [6, 6.07) is 6.04. The number of halogens is 1. The van der Waals surface area contributed by atoms with Gasteiger partial charge < -0.3 is 10.5 Å². The van der Waals surface area contributed by atoms with Gasteiger partial charge in [0.1, 0.15) is 5.75 Å². The summed E-state index contributed by atoms with van der Waals surface area (Å²) in [6.07, 6.45) is 3.13. The molecular weight excluding hydrogens is 358 g/mol. The van der Waals surface area contributed by atoms with Crippen molar-refractivity contribution < 1.29 is 13.2 Å². The fourth-order valence-corrected chi connectivity index (χ4v) is 2.81. The van der Waals surface area contributed by atoms with E-state index in [1.807, 2.05) is 0 Å². The quantitative estimate of drug-likeness (QED) is 0.834. The maximum Gasteiger partial charge on any atom is 0.242 e. The minimum Gasteiger partial charge on any atom is -0.453 e. The molecule has 2 aromatic rings. The predicted molar refractivity (Wildman–Crippen MR) is 83.7 cm³/mol. The molecule has 0 aliphatic heterocycles. The minimum atomic E-state index is -3.54. The van der Waals surface area contributed by atoms with Gasteiger partial charge in [-0.3, -0.25) is 4.98 Å². The van der Waals surface area contributed by atoms with Crippen molar-refractivity contribution >= 4 is 31.6 Å². The Hall–Kier alpha value is -1.64. The van der Waals surface area contributed by atoms with Crippen LogP contribution in [0.1, 0.15) is 0 Å². The average molecular weight is 372 g/mol. The molecule has 0 unspecified atom stereocenters. The molecule has 0 saturated heterocycles. The van der Waals surface area contributed by atoms with E-state index in [2.05, 4.69) is 20.9 Å². The van der Waals surface area contributed by atoms with Crippen LogP contribution >= 0.6 is 15.9 Å². The van der Waals surface area contributed by atoms with Crippen molar-refractivity contribution in [3.63, 3.8) is 0 Å². The number of hydrogen-bond donors (Lipinski definition) is 1. The Labute approximate surface area is 131 Å². The van der Waals surface area contributed by atoms with Crippen LogP contribution in [0.4, 0.5) is 5.69 Å². The first-order valence-corrected chi connectivity index (χ1v) is 8.14. The monoisotopic (exact) mass is 371 g/mol. The minimum absolute atomic E-state index is 0.111. The molecule has 6 nitrogen and oxygen atoms in total. The maximum atomic E-state index is 12.1. The lowest BCUT2D eigenvalue weighted by Crippen LogP contribution is -2.22. The molecule has 0 bridgehead atoms. The van der Waals surface area contributed by atoms with Crippen molar-refractivity contribution in [2.24, 2.45) is 0 Å². The second-order valence-electron chi connectivity index (χ2n) is 4.43. The van der Waals surface area contributed by atoms with Crippen LogP contribution in [0.3, 0.4) is 0 Å². The van der Waals surface area contributed by atoms with Crippen LogP contribution in [0.5, 0.6) is 11.5 Å². The Morgan fingerprint density at radius 1 is 1.24 bits per heavy atom. The number of pyridine rings is 1. The summed E-state index contributed by atoms with van der Waals surface area (Å²) < 4.78 is 31.7. The highest BCUT2D eigenvalue weighted by molar-refractivity contribution is 9.10. The van der Waals surface area contributed by atoms with E-state index >= 15 is 0 Å². The molecule has 0 aliphatic rings. The smallest absolute Gasteiger partial charge is 0.242 e. The zero-order valence-electron chi connectivity index (χ0n) is 11.4. The molecule has 21 heavy (non-hydrogen) atoms. The van der Waals surface area contributed by atoms with Gasteiger partial charge >= 0.3 is 0 Å². The number of benzene rings is 1. The van der Waals surface area contributed by atoms with E-state index in [4.69, 9.17) is 10.5 Å². The van der Waals surface area contributed by atoms with Gasteiger partial charge in [-0.2, -0.15) is 0 Å². The Morgan fingerprint density at radius 2 is 1.95 bits per heavy atom. The number of rotatable bonds is 4. The molecule has 1 aromatic carbocycles. The molecular formula is C13H14BrN3O3S.